The van der Waals surface area contributed by atoms with Crippen molar-refractivity contribution in [2.45, 2.75) is 46.1 Å². The molecule has 2 aromatic carbocycles. The highest BCUT2D eigenvalue weighted by atomic mass is 35.5. The van der Waals surface area contributed by atoms with Crippen molar-refractivity contribution in [1.82, 2.24) is 9.55 Å². The van der Waals surface area contributed by atoms with E-state index in [1.165, 1.54) is 51.7 Å². The molecule has 0 unspecified atom stereocenters. The van der Waals surface area contributed by atoms with Gasteiger partial charge >= 0.3 is 0 Å². The molecular weight excluding hydrogens is 414 g/mol. The minimum absolute atomic E-state index is 0. The van der Waals surface area contributed by atoms with Crippen LogP contribution in [0.3, 0.4) is 0 Å². The standard InChI is InChI=1S/C28H31N3.ClH/c1-20-9-11-23(12-10-20)19-31-22(3)21(2)26-13-16-29-28(27(26)31)30-17-14-25(15-18-30)24-7-5-4-6-8-24;/h4-13,16,25H,14-15,17-19H2,1-3H3;1H. The van der Waals surface area contributed by atoms with Crippen molar-refractivity contribution in [3.63, 3.8) is 0 Å². The third kappa shape index (κ3) is 4.14. The van der Waals surface area contributed by atoms with Crippen molar-refractivity contribution < 1.29 is 0 Å². The predicted molar refractivity (Wildman–Crippen MR) is 137 cm³/mol. The Labute approximate surface area is 197 Å². The van der Waals surface area contributed by atoms with E-state index >= 15 is 0 Å². The molecule has 32 heavy (non-hydrogen) atoms. The second kappa shape index (κ2) is 9.38. The second-order valence-electron chi connectivity index (χ2n) is 8.98. The molecule has 5 rings (SSSR count). The summed E-state index contributed by atoms with van der Waals surface area (Å²) in [6.07, 6.45) is 4.35. The van der Waals surface area contributed by atoms with Crippen LogP contribution in [0.5, 0.6) is 0 Å². The van der Waals surface area contributed by atoms with Crippen LogP contribution in [0.15, 0.2) is 66.9 Å². The van der Waals surface area contributed by atoms with Crippen LogP contribution in [0.2, 0.25) is 0 Å². The molecule has 0 amide bonds. The summed E-state index contributed by atoms with van der Waals surface area (Å²) in [7, 11) is 0. The van der Waals surface area contributed by atoms with Crippen LogP contribution in [0.1, 0.15) is 46.7 Å². The molecule has 4 heteroatoms. The molecule has 3 nitrogen and oxygen atoms in total. The molecule has 0 spiro atoms. The Morgan fingerprint density at radius 1 is 0.875 bits per heavy atom. The van der Waals surface area contributed by atoms with Gasteiger partial charge in [-0.1, -0.05) is 60.2 Å². The Bertz CT molecular complexity index is 1190. The lowest BCUT2D eigenvalue weighted by Gasteiger charge is -2.33. The molecule has 0 aliphatic carbocycles. The van der Waals surface area contributed by atoms with Crippen LogP contribution < -0.4 is 4.90 Å². The van der Waals surface area contributed by atoms with Crippen molar-refractivity contribution in [2.75, 3.05) is 18.0 Å². The normalized spacial score (nSPS) is 14.5. The summed E-state index contributed by atoms with van der Waals surface area (Å²) in [6.45, 7) is 9.63. The lowest BCUT2D eigenvalue weighted by Crippen LogP contribution is -2.33. The van der Waals surface area contributed by atoms with Crippen LogP contribution in [-0.4, -0.2) is 22.6 Å². The third-order valence-corrected chi connectivity index (χ3v) is 7.05. The topological polar surface area (TPSA) is 21.1 Å². The quantitative estimate of drug-likeness (QED) is 0.343. The summed E-state index contributed by atoms with van der Waals surface area (Å²) in [6, 6.07) is 22.1. The first-order chi connectivity index (χ1) is 15.1. The van der Waals surface area contributed by atoms with Gasteiger partial charge in [-0.15, -0.1) is 12.4 Å². The van der Waals surface area contributed by atoms with Crippen molar-refractivity contribution >= 4 is 29.1 Å². The highest BCUT2D eigenvalue weighted by Crippen LogP contribution is 2.35. The van der Waals surface area contributed by atoms with Gasteiger partial charge in [0.05, 0.1) is 5.52 Å². The summed E-state index contributed by atoms with van der Waals surface area (Å²) in [4.78, 5) is 7.41. The Balaban J connectivity index is 0.00000245. The van der Waals surface area contributed by atoms with Crippen molar-refractivity contribution in [3.8, 4) is 0 Å². The zero-order valence-electron chi connectivity index (χ0n) is 19.2. The van der Waals surface area contributed by atoms with Crippen LogP contribution >= 0.6 is 12.4 Å². The van der Waals surface area contributed by atoms with Crippen LogP contribution in [0, 0.1) is 20.8 Å². The van der Waals surface area contributed by atoms with Crippen molar-refractivity contribution in [2.24, 2.45) is 0 Å². The van der Waals surface area contributed by atoms with Crippen LogP contribution in [0.4, 0.5) is 5.82 Å². The minimum Gasteiger partial charge on any atom is -0.355 e. The van der Waals surface area contributed by atoms with E-state index in [0.717, 1.165) is 25.5 Å². The van der Waals surface area contributed by atoms with E-state index in [2.05, 4.69) is 90.9 Å². The smallest absolute Gasteiger partial charge is 0.153 e. The zero-order valence-corrected chi connectivity index (χ0v) is 20.0. The second-order valence-corrected chi connectivity index (χ2v) is 8.98. The maximum absolute atomic E-state index is 4.90. The molecule has 4 aromatic rings. The number of aromatic nitrogens is 2. The Kier molecular flexibility index (Phi) is 6.57. The Morgan fingerprint density at radius 2 is 1.56 bits per heavy atom. The SMILES string of the molecule is Cc1ccc(Cn2c(C)c(C)c3ccnc(N4CCC(c5ccccc5)CC4)c32)cc1.Cl. The fourth-order valence-corrected chi connectivity index (χ4v) is 5.03. The molecule has 1 aliphatic heterocycles. The van der Waals surface area contributed by atoms with Gasteiger partial charge in [0.1, 0.15) is 0 Å². The number of hydrogen-bond acceptors (Lipinski definition) is 2. The van der Waals surface area contributed by atoms with Gasteiger partial charge in [-0.25, -0.2) is 4.98 Å². The lowest BCUT2D eigenvalue weighted by atomic mass is 9.89. The number of benzene rings is 2. The number of piperidine rings is 1. The van der Waals surface area contributed by atoms with E-state index in [9.17, 15) is 0 Å². The zero-order chi connectivity index (χ0) is 21.4. The molecule has 3 heterocycles. The number of fused-ring (bicyclic) bond motifs is 1. The first-order valence-electron chi connectivity index (χ1n) is 11.4. The largest absolute Gasteiger partial charge is 0.355 e. The van der Waals surface area contributed by atoms with E-state index < -0.39 is 0 Å². The number of anilines is 1. The minimum atomic E-state index is 0. The maximum atomic E-state index is 4.90. The average Bonchev–Trinajstić information content (AvgIpc) is 3.06. The van der Waals surface area contributed by atoms with Gasteiger partial charge in [-0.2, -0.15) is 0 Å². The van der Waals surface area contributed by atoms with Gasteiger partial charge < -0.3 is 9.47 Å². The molecular formula is C28H32ClN3. The van der Waals surface area contributed by atoms with Crippen molar-refractivity contribution in [3.05, 3.63) is 94.8 Å². The van der Waals surface area contributed by atoms with Gasteiger partial charge in [0, 0.05) is 36.9 Å². The first-order valence-corrected chi connectivity index (χ1v) is 11.4. The molecule has 0 bridgehead atoms. The van der Waals surface area contributed by atoms with Gasteiger partial charge in [0.25, 0.3) is 0 Å². The number of hydrogen-bond donors (Lipinski definition) is 0. The number of aryl methyl sites for hydroxylation is 2. The van der Waals surface area contributed by atoms with Gasteiger partial charge in [-0.05, 0) is 62.3 Å². The average molecular weight is 446 g/mol. The summed E-state index contributed by atoms with van der Waals surface area (Å²) < 4.78 is 2.47. The first kappa shape index (κ1) is 22.4. The molecule has 0 N–H and O–H groups in total. The van der Waals surface area contributed by atoms with E-state index in [0.29, 0.717) is 5.92 Å². The Hall–Kier alpha value is -2.78. The molecule has 1 saturated heterocycles. The fraction of sp³-hybridized carbons (Fsp3) is 0.321. The summed E-state index contributed by atoms with van der Waals surface area (Å²) in [5.74, 6) is 1.80. The molecule has 0 saturated carbocycles. The maximum Gasteiger partial charge on any atom is 0.153 e. The summed E-state index contributed by atoms with van der Waals surface area (Å²) in [5.41, 5.74) is 8.11. The molecule has 1 aliphatic rings. The molecule has 2 aromatic heterocycles. The molecule has 0 atom stereocenters. The molecule has 1 fully saturated rings. The van der Waals surface area contributed by atoms with E-state index in [1.807, 2.05) is 6.20 Å². The van der Waals surface area contributed by atoms with Gasteiger partial charge in [0.15, 0.2) is 5.82 Å². The predicted octanol–water partition coefficient (Wildman–Crippen LogP) is 6.82. The lowest BCUT2D eigenvalue weighted by molar-refractivity contribution is 0.503. The summed E-state index contributed by atoms with van der Waals surface area (Å²) in [5, 5.41) is 1.33. The fourth-order valence-electron chi connectivity index (χ4n) is 5.03. The highest BCUT2D eigenvalue weighted by Gasteiger charge is 2.25. The van der Waals surface area contributed by atoms with E-state index in [1.54, 1.807) is 0 Å². The van der Waals surface area contributed by atoms with Crippen molar-refractivity contribution in [1.29, 1.82) is 0 Å². The van der Waals surface area contributed by atoms with Crippen LogP contribution in [-0.2, 0) is 6.54 Å². The number of rotatable bonds is 4. The monoisotopic (exact) mass is 445 g/mol. The molecule has 0 radical (unpaired) electrons. The van der Waals surface area contributed by atoms with Gasteiger partial charge in [0.2, 0.25) is 0 Å². The van der Waals surface area contributed by atoms with E-state index in [-0.39, 0.29) is 12.4 Å². The third-order valence-electron chi connectivity index (χ3n) is 7.05. The number of nitrogens with zero attached hydrogens (tertiary/aromatic N) is 3. The van der Waals surface area contributed by atoms with E-state index in [4.69, 9.17) is 4.98 Å². The number of halogens is 1. The summed E-state index contributed by atoms with van der Waals surface area (Å²) >= 11 is 0. The molecule has 166 valence electrons. The highest BCUT2D eigenvalue weighted by molar-refractivity contribution is 5.93. The Morgan fingerprint density at radius 3 is 2.25 bits per heavy atom. The number of pyridine rings is 1. The van der Waals surface area contributed by atoms with Gasteiger partial charge in [-0.3, -0.25) is 0 Å². The van der Waals surface area contributed by atoms with Crippen LogP contribution in [0.25, 0.3) is 10.9 Å².